The molecule has 1 N–H and O–H groups in total. The molecule has 0 aromatic heterocycles. The first-order chi connectivity index (χ1) is 12.1. The van der Waals surface area contributed by atoms with Crippen LogP contribution in [-0.4, -0.2) is 29.3 Å². The topological polar surface area (TPSA) is 58.6 Å². The van der Waals surface area contributed by atoms with E-state index in [0.29, 0.717) is 31.0 Å². The number of carbonyl (C=O) groups is 2. The van der Waals surface area contributed by atoms with Gasteiger partial charge in [0, 0.05) is 13.5 Å². The number of nitrogens with zero attached hydrogens (tertiary/aromatic N) is 1. The fourth-order valence-electron chi connectivity index (χ4n) is 3.06. The molecular formula is C20H22N2O3. The van der Waals surface area contributed by atoms with Gasteiger partial charge in [0.05, 0.1) is 5.69 Å². The Kier molecular flexibility index (Phi) is 5.33. The van der Waals surface area contributed by atoms with E-state index >= 15 is 0 Å². The molecule has 1 aliphatic heterocycles. The minimum atomic E-state index is -0.403. The third-order valence-electron chi connectivity index (χ3n) is 4.34. The van der Waals surface area contributed by atoms with Gasteiger partial charge in [0.2, 0.25) is 11.8 Å². The van der Waals surface area contributed by atoms with Crippen LogP contribution in [0.1, 0.15) is 25.3 Å². The average molecular weight is 338 g/mol. The van der Waals surface area contributed by atoms with E-state index in [2.05, 4.69) is 5.32 Å². The minimum Gasteiger partial charge on any atom is -0.487 e. The summed E-state index contributed by atoms with van der Waals surface area (Å²) >= 11 is 0. The maximum Gasteiger partial charge on any atom is 0.247 e. The maximum atomic E-state index is 12.6. The van der Waals surface area contributed by atoms with Crippen molar-refractivity contribution in [2.45, 2.75) is 32.4 Å². The van der Waals surface area contributed by atoms with Crippen molar-refractivity contribution < 1.29 is 14.3 Å². The summed E-state index contributed by atoms with van der Waals surface area (Å²) in [5, 5.41) is 2.92. The lowest BCUT2D eigenvalue weighted by molar-refractivity contribution is -0.134. The van der Waals surface area contributed by atoms with Crippen LogP contribution in [0.4, 0.5) is 5.69 Å². The van der Waals surface area contributed by atoms with Crippen LogP contribution in [0.5, 0.6) is 5.75 Å². The number of hydrogen-bond donors (Lipinski definition) is 1. The minimum absolute atomic E-state index is 0.0636. The van der Waals surface area contributed by atoms with Gasteiger partial charge in [-0.2, -0.15) is 0 Å². The van der Waals surface area contributed by atoms with Gasteiger partial charge < -0.3 is 15.0 Å². The highest BCUT2D eigenvalue weighted by Gasteiger charge is 2.32. The molecule has 2 aromatic rings. The molecule has 2 amide bonds. The number of benzene rings is 2. The Morgan fingerprint density at radius 2 is 1.84 bits per heavy atom. The van der Waals surface area contributed by atoms with Crippen LogP contribution in [0.2, 0.25) is 0 Å². The monoisotopic (exact) mass is 338 g/mol. The molecule has 0 spiro atoms. The van der Waals surface area contributed by atoms with Gasteiger partial charge in [0.1, 0.15) is 18.4 Å². The summed E-state index contributed by atoms with van der Waals surface area (Å²) in [4.78, 5) is 25.9. The van der Waals surface area contributed by atoms with Gasteiger partial charge in [-0.3, -0.25) is 9.59 Å². The van der Waals surface area contributed by atoms with Gasteiger partial charge in [-0.05, 0) is 30.5 Å². The summed E-state index contributed by atoms with van der Waals surface area (Å²) < 4.78 is 5.87. The summed E-state index contributed by atoms with van der Waals surface area (Å²) in [7, 11) is 0. The second-order valence-corrected chi connectivity index (χ2v) is 6.13. The maximum absolute atomic E-state index is 12.6. The number of nitrogens with one attached hydrogen (secondary N) is 1. The number of ether oxygens (including phenoxy) is 1. The fourth-order valence-corrected chi connectivity index (χ4v) is 3.06. The molecule has 1 saturated heterocycles. The number of para-hydroxylation sites is 2. The molecule has 5 nitrogen and oxygen atoms in total. The molecule has 0 aliphatic carbocycles. The Balaban J connectivity index is 1.68. The normalized spacial score (nSPS) is 16.5. The molecule has 0 bridgehead atoms. The first-order valence-corrected chi connectivity index (χ1v) is 8.49. The van der Waals surface area contributed by atoms with Crippen LogP contribution < -0.4 is 10.1 Å². The van der Waals surface area contributed by atoms with Crippen LogP contribution in [0.3, 0.4) is 0 Å². The van der Waals surface area contributed by atoms with E-state index in [0.717, 1.165) is 12.0 Å². The number of anilines is 1. The number of likely N-dealkylation sites (tertiary alicyclic amines) is 1. The zero-order valence-corrected chi connectivity index (χ0v) is 14.3. The molecule has 1 heterocycles. The van der Waals surface area contributed by atoms with E-state index in [1.807, 2.05) is 54.6 Å². The highest BCUT2D eigenvalue weighted by molar-refractivity contribution is 5.98. The molecule has 5 heteroatoms. The van der Waals surface area contributed by atoms with Crippen molar-refractivity contribution in [3.05, 3.63) is 60.2 Å². The molecule has 0 radical (unpaired) electrons. The fraction of sp³-hybridized carbons (Fsp3) is 0.300. The van der Waals surface area contributed by atoms with E-state index in [4.69, 9.17) is 4.74 Å². The van der Waals surface area contributed by atoms with Crippen molar-refractivity contribution in [1.29, 1.82) is 0 Å². The molecule has 0 unspecified atom stereocenters. The lowest BCUT2D eigenvalue weighted by Crippen LogP contribution is -2.42. The van der Waals surface area contributed by atoms with E-state index in [1.54, 1.807) is 4.90 Å². The lowest BCUT2D eigenvalue weighted by atomic mass is 10.2. The number of rotatable bonds is 5. The SMILES string of the molecule is CC(=O)N1CCC[C@H]1C(=O)Nc1ccccc1OCc1ccccc1. The Labute approximate surface area is 147 Å². The van der Waals surface area contributed by atoms with Crippen molar-refractivity contribution in [2.75, 3.05) is 11.9 Å². The molecule has 3 rings (SSSR count). The molecule has 2 aromatic carbocycles. The predicted octanol–water partition coefficient (Wildman–Crippen LogP) is 3.22. The summed E-state index contributed by atoms with van der Waals surface area (Å²) in [6, 6.07) is 16.8. The van der Waals surface area contributed by atoms with Crippen molar-refractivity contribution >= 4 is 17.5 Å². The average Bonchev–Trinajstić information content (AvgIpc) is 3.12. The van der Waals surface area contributed by atoms with Crippen LogP contribution in [0.15, 0.2) is 54.6 Å². The van der Waals surface area contributed by atoms with E-state index in [9.17, 15) is 9.59 Å². The molecule has 130 valence electrons. The van der Waals surface area contributed by atoms with Crippen LogP contribution in [0, 0.1) is 0 Å². The zero-order chi connectivity index (χ0) is 17.6. The smallest absolute Gasteiger partial charge is 0.247 e. The third kappa shape index (κ3) is 4.18. The van der Waals surface area contributed by atoms with Gasteiger partial charge in [-0.15, -0.1) is 0 Å². The third-order valence-corrected chi connectivity index (χ3v) is 4.34. The van der Waals surface area contributed by atoms with Crippen LogP contribution >= 0.6 is 0 Å². The van der Waals surface area contributed by atoms with Gasteiger partial charge >= 0.3 is 0 Å². The lowest BCUT2D eigenvalue weighted by Gasteiger charge is -2.23. The largest absolute Gasteiger partial charge is 0.487 e. The quantitative estimate of drug-likeness (QED) is 0.911. The number of hydrogen-bond acceptors (Lipinski definition) is 3. The van der Waals surface area contributed by atoms with E-state index in [1.165, 1.54) is 6.92 Å². The summed E-state index contributed by atoms with van der Waals surface area (Å²) in [5.74, 6) is 0.391. The van der Waals surface area contributed by atoms with E-state index in [-0.39, 0.29) is 11.8 Å². The van der Waals surface area contributed by atoms with E-state index < -0.39 is 6.04 Å². The van der Waals surface area contributed by atoms with Crippen molar-refractivity contribution in [3.63, 3.8) is 0 Å². The molecular weight excluding hydrogens is 316 g/mol. The summed E-state index contributed by atoms with van der Waals surface area (Å²) in [6.07, 6.45) is 1.54. The number of carbonyl (C=O) groups excluding carboxylic acids is 2. The molecule has 1 atom stereocenters. The van der Waals surface area contributed by atoms with Gasteiger partial charge in [0.25, 0.3) is 0 Å². The highest BCUT2D eigenvalue weighted by Crippen LogP contribution is 2.26. The Morgan fingerprint density at radius 1 is 1.12 bits per heavy atom. The van der Waals surface area contributed by atoms with Gasteiger partial charge in [-0.1, -0.05) is 42.5 Å². The highest BCUT2D eigenvalue weighted by atomic mass is 16.5. The standard InChI is InChI=1S/C20H22N2O3/c1-15(23)22-13-7-11-18(22)20(24)21-17-10-5-6-12-19(17)25-14-16-8-3-2-4-9-16/h2-6,8-10,12,18H,7,11,13-14H2,1H3,(H,21,24)/t18-/m0/s1. The second-order valence-electron chi connectivity index (χ2n) is 6.13. The van der Waals surface area contributed by atoms with Crippen molar-refractivity contribution in [2.24, 2.45) is 0 Å². The molecule has 0 saturated carbocycles. The summed E-state index contributed by atoms with van der Waals surface area (Å²) in [6.45, 7) is 2.57. The second kappa shape index (κ2) is 7.83. The first kappa shape index (κ1) is 17.0. The Bertz CT molecular complexity index is 746. The predicted molar refractivity (Wildman–Crippen MR) is 96.3 cm³/mol. The summed E-state index contributed by atoms with van der Waals surface area (Å²) in [5.41, 5.74) is 1.68. The first-order valence-electron chi connectivity index (χ1n) is 8.49. The molecule has 25 heavy (non-hydrogen) atoms. The van der Waals surface area contributed by atoms with Crippen LogP contribution in [0.25, 0.3) is 0 Å². The van der Waals surface area contributed by atoms with Crippen molar-refractivity contribution in [1.82, 2.24) is 4.90 Å². The van der Waals surface area contributed by atoms with Gasteiger partial charge in [-0.25, -0.2) is 0 Å². The zero-order valence-electron chi connectivity index (χ0n) is 14.3. The van der Waals surface area contributed by atoms with Crippen molar-refractivity contribution in [3.8, 4) is 5.75 Å². The molecule has 1 fully saturated rings. The Morgan fingerprint density at radius 3 is 2.60 bits per heavy atom. The van der Waals surface area contributed by atoms with Gasteiger partial charge in [0.15, 0.2) is 0 Å². The number of amides is 2. The van der Waals surface area contributed by atoms with Crippen LogP contribution in [-0.2, 0) is 16.2 Å². The molecule has 1 aliphatic rings. The Hall–Kier alpha value is -2.82.